The first-order valence-corrected chi connectivity index (χ1v) is 9.98. The second kappa shape index (κ2) is 7.30. The molecule has 1 spiro atoms. The first-order valence-electron chi connectivity index (χ1n) is 9.98. The molecule has 1 aromatic heterocycles. The molecule has 2 aliphatic rings. The van der Waals surface area contributed by atoms with E-state index in [1.54, 1.807) is 6.07 Å². The van der Waals surface area contributed by atoms with E-state index < -0.39 is 0 Å². The molecule has 0 saturated carbocycles. The summed E-state index contributed by atoms with van der Waals surface area (Å²) in [4.78, 5) is 25.6. The van der Waals surface area contributed by atoms with Crippen LogP contribution in [0.15, 0.2) is 36.4 Å². The lowest BCUT2D eigenvalue weighted by Crippen LogP contribution is -2.54. The lowest BCUT2D eigenvalue weighted by atomic mass is 9.67. The zero-order valence-corrected chi connectivity index (χ0v) is 16.3. The minimum Gasteiger partial charge on any atom is -0.383 e. The minimum atomic E-state index is -0.0493. The molecule has 0 bridgehead atoms. The molecule has 7 nitrogen and oxygen atoms in total. The maximum atomic E-state index is 13.0. The van der Waals surface area contributed by atoms with Gasteiger partial charge >= 0.3 is 0 Å². The van der Waals surface area contributed by atoms with Gasteiger partial charge in [0.25, 0.3) is 0 Å². The van der Waals surface area contributed by atoms with E-state index in [-0.39, 0.29) is 23.2 Å². The fourth-order valence-corrected chi connectivity index (χ4v) is 4.71. The van der Waals surface area contributed by atoms with Crippen LogP contribution in [0.25, 0.3) is 0 Å². The Kier molecular flexibility index (Phi) is 4.83. The Balaban J connectivity index is 1.54. The quantitative estimate of drug-likeness (QED) is 0.847. The number of benzene rings is 1. The van der Waals surface area contributed by atoms with Crippen LogP contribution in [-0.4, -0.2) is 47.0 Å². The van der Waals surface area contributed by atoms with Gasteiger partial charge in [-0.3, -0.25) is 4.79 Å². The van der Waals surface area contributed by atoms with Gasteiger partial charge < -0.3 is 21.3 Å². The molecule has 4 rings (SSSR count). The predicted molar refractivity (Wildman–Crippen MR) is 111 cm³/mol. The topological polar surface area (TPSA) is 101 Å². The van der Waals surface area contributed by atoms with Gasteiger partial charge in [0.2, 0.25) is 11.9 Å². The molecule has 148 valence electrons. The highest BCUT2D eigenvalue weighted by Gasteiger charge is 2.45. The molecule has 0 unspecified atom stereocenters. The number of anilines is 3. The Labute approximate surface area is 165 Å². The average molecular weight is 380 g/mol. The van der Waals surface area contributed by atoms with Gasteiger partial charge in [-0.2, -0.15) is 9.97 Å². The summed E-state index contributed by atoms with van der Waals surface area (Å²) in [6.07, 6.45) is 2.95. The Bertz CT molecular complexity index is 827. The van der Waals surface area contributed by atoms with Gasteiger partial charge in [-0.05, 0) is 37.2 Å². The van der Waals surface area contributed by atoms with E-state index in [9.17, 15) is 4.79 Å². The fourth-order valence-electron chi connectivity index (χ4n) is 4.71. The summed E-state index contributed by atoms with van der Waals surface area (Å²) in [7, 11) is 0. The van der Waals surface area contributed by atoms with Crippen molar-refractivity contribution < 1.29 is 4.79 Å². The van der Waals surface area contributed by atoms with Crippen molar-refractivity contribution in [3.05, 3.63) is 42.0 Å². The summed E-state index contributed by atoms with van der Waals surface area (Å²) < 4.78 is 0. The van der Waals surface area contributed by atoms with Gasteiger partial charge in [0.05, 0.1) is 5.92 Å². The van der Waals surface area contributed by atoms with E-state index in [0.29, 0.717) is 5.82 Å². The molecule has 7 heteroatoms. The van der Waals surface area contributed by atoms with Crippen LogP contribution in [0.2, 0.25) is 0 Å². The first kappa shape index (κ1) is 18.5. The van der Waals surface area contributed by atoms with Crippen LogP contribution < -0.4 is 16.4 Å². The number of rotatable bonds is 3. The molecular weight excluding hydrogens is 352 g/mol. The van der Waals surface area contributed by atoms with Crippen LogP contribution in [0.1, 0.15) is 37.7 Å². The van der Waals surface area contributed by atoms with Crippen molar-refractivity contribution in [2.45, 2.75) is 32.1 Å². The van der Waals surface area contributed by atoms with Gasteiger partial charge in [0, 0.05) is 32.2 Å². The normalized spacial score (nSPS) is 21.9. The Morgan fingerprint density at radius 2 is 1.86 bits per heavy atom. The summed E-state index contributed by atoms with van der Waals surface area (Å²) in [5.41, 5.74) is 12.9. The second-order valence-corrected chi connectivity index (χ2v) is 8.02. The number of hydrogen-bond acceptors (Lipinski definition) is 6. The number of carbonyl (C=O) groups is 1. The number of hydrogen-bond donors (Lipinski definition) is 2. The van der Waals surface area contributed by atoms with Crippen molar-refractivity contribution in [3.8, 4) is 0 Å². The van der Waals surface area contributed by atoms with Crippen molar-refractivity contribution in [2.75, 3.05) is 42.5 Å². The largest absolute Gasteiger partial charge is 0.383 e. The van der Waals surface area contributed by atoms with E-state index in [0.717, 1.165) is 56.8 Å². The third-order valence-electron chi connectivity index (χ3n) is 6.25. The number of piperidine rings is 2. The summed E-state index contributed by atoms with van der Waals surface area (Å²) in [5.74, 6) is 1.61. The van der Waals surface area contributed by atoms with E-state index >= 15 is 0 Å². The van der Waals surface area contributed by atoms with Gasteiger partial charge in [-0.15, -0.1) is 0 Å². The van der Waals surface area contributed by atoms with Crippen molar-refractivity contribution in [1.82, 2.24) is 14.9 Å². The number of amides is 1. The van der Waals surface area contributed by atoms with Crippen LogP contribution in [0, 0.1) is 5.41 Å². The molecular formula is C21H28N6O. The van der Waals surface area contributed by atoms with Crippen LogP contribution in [0.4, 0.5) is 17.6 Å². The van der Waals surface area contributed by atoms with Crippen LogP contribution in [0.5, 0.6) is 0 Å². The van der Waals surface area contributed by atoms with E-state index in [4.69, 9.17) is 11.5 Å². The number of likely N-dealkylation sites (N-methyl/N-ethyl adjacent to an activating group) is 1. The first-order chi connectivity index (χ1) is 13.5. The highest BCUT2D eigenvalue weighted by Crippen LogP contribution is 2.46. The van der Waals surface area contributed by atoms with Crippen molar-refractivity contribution in [1.29, 1.82) is 0 Å². The second-order valence-electron chi connectivity index (χ2n) is 8.02. The number of carbonyl (C=O) groups excluding carboxylic acids is 1. The summed E-state index contributed by atoms with van der Waals surface area (Å²) in [6, 6.07) is 12.0. The highest BCUT2D eigenvalue weighted by atomic mass is 16.2. The molecule has 0 radical (unpaired) electrons. The molecule has 2 aliphatic heterocycles. The van der Waals surface area contributed by atoms with E-state index in [2.05, 4.69) is 33.9 Å². The summed E-state index contributed by atoms with van der Waals surface area (Å²) in [6.45, 7) is 5.42. The van der Waals surface area contributed by atoms with Gasteiger partial charge in [-0.25, -0.2) is 0 Å². The van der Waals surface area contributed by atoms with Gasteiger partial charge in [0.15, 0.2) is 0 Å². The molecule has 0 aliphatic carbocycles. The highest BCUT2D eigenvalue weighted by molar-refractivity contribution is 5.84. The van der Waals surface area contributed by atoms with Gasteiger partial charge in [-0.1, -0.05) is 30.3 Å². The third-order valence-corrected chi connectivity index (χ3v) is 6.25. The molecule has 2 saturated heterocycles. The van der Waals surface area contributed by atoms with Crippen LogP contribution in [-0.2, 0) is 4.79 Å². The molecule has 1 aromatic carbocycles. The lowest BCUT2D eigenvalue weighted by Gasteiger charge is -2.50. The fraction of sp³-hybridized carbons (Fsp3) is 0.476. The zero-order valence-electron chi connectivity index (χ0n) is 16.3. The Morgan fingerprint density at radius 1 is 1.14 bits per heavy atom. The molecule has 2 fully saturated rings. The minimum absolute atomic E-state index is 0.0493. The smallest absolute Gasteiger partial charge is 0.230 e. The predicted octanol–water partition coefficient (Wildman–Crippen LogP) is 2.26. The maximum absolute atomic E-state index is 13.0. The Hall–Kier alpha value is -2.83. The molecule has 1 atom stereocenters. The lowest BCUT2D eigenvalue weighted by molar-refractivity contribution is -0.140. The summed E-state index contributed by atoms with van der Waals surface area (Å²) in [5, 5.41) is 0. The summed E-state index contributed by atoms with van der Waals surface area (Å²) >= 11 is 0. The van der Waals surface area contributed by atoms with Crippen molar-refractivity contribution in [3.63, 3.8) is 0 Å². The van der Waals surface area contributed by atoms with E-state index in [1.165, 1.54) is 0 Å². The average Bonchev–Trinajstić information content (AvgIpc) is 2.70. The SMILES string of the molecule is CCN1CC2(CCN(c3cc(N)nc(N)n3)CC2)C[C@H](c2ccccc2)C1=O. The molecule has 28 heavy (non-hydrogen) atoms. The van der Waals surface area contributed by atoms with Crippen LogP contribution in [0.3, 0.4) is 0 Å². The van der Waals surface area contributed by atoms with Crippen molar-refractivity contribution >= 4 is 23.5 Å². The number of aromatic nitrogens is 2. The van der Waals surface area contributed by atoms with Crippen LogP contribution >= 0.6 is 0 Å². The monoisotopic (exact) mass is 380 g/mol. The van der Waals surface area contributed by atoms with Gasteiger partial charge in [0.1, 0.15) is 11.6 Å². The zero-order chi connectivity index (χ0) is 19.7. The van der Waals surface area contributed by atoms with Crippen molar-refractivity contribution in [2.24, 2.45) is 5.41 Å². The number of nitrogens with two attached hydrogens (primary N) is 2. The molecule has 2 aromatic rings. The molecule has 3 heterocycles. The third kappa shape index (κ3) is 3.48. The molecule has 1 amide bonds. The van der Waals surface area contributed by atoms with E-state index in [1.807, 2.05) is 23.1 Å². The maximum Gasteiger partial charge on any atom is 0.230 e. The Morgan fingerprint density at radius 3 is 2.50 bits per heavy atom. The molecule has 4 N–H and O–H groups in total. The number of nitrogens with zero attached hydrogens (tertiary/aromatic N) is 4. The number of likely N-dealkylation sites (tertiary alicyclic amines) is 1. The standard InChI is InChI=1S/C21H28N6O/c1-2-26-14-21(13-16(19(26)28)15-6-4-3-5-7-15)8-10-27(11-9-21)18-12-17(22)24-20(23)25-18/h3-7,12,16H,2,8-11,13-14H2,1H3,(H4,22,23,24,25)/t16-/m1/s1. The number of nitrogen functional groups attached to an aromatic ring is 2.